The number of nitrogens with one attached hydrogen (secondary N) is 1. The van der Waals surface area contributed by atoms with E-state index >= 15 is 0 Å². The van der Waals surface area contributed by atoms with Crippen molar-refractivity contribution >= 4 is 18.0 Å². The zero-order chi connectivity index (χ0) is 20.3. The number of rotatable bonds is 6. The van der Waals surface area contributed by atoms with Crippen LogP contribution in [0.2, 0.25) is 0 Å². The number of alkyl carbamates (subject to hydrolysis) is 1. The third kappa shape index (κ3) is 4.72. The van der Waals surface area contributed by atoms with E-state index in [2.05, 4.69) is 5.32 Å². The first-order chi connectivity index (χ1) is 12.7. The van der Waals surface area contributed by atoms with Crippen molar-refractivity contribution in [2.75, 3.05) is 13.2 Å². The van der Waals surface area contributed by atoms with E-state index in [4.69, 9.17) is 9.47 Å². The van der Waals surface area contributed by atoms with Crippen LogP contribution in [-0.4, -0.2) is 65.4 Å². The standard InChI is InChI=1S/C19H32N2O6/c1-6-26-18(24)16-12-7-8-14(22)13(12)9-21(16)17(23)15(10(2)3)20-19(25)27-11(4)5/h10-16,22H,6-9H2,1-5H3,(H,20,25)/t12-,13-,14?,15-,16?/m0/s1. The Hall–Kier alpha value is -1.83. The molecule has 1 aliphatic heterocycles. The minimum Gasteiger partial charge on any atom is -0.464 e. The molecule has 8 nitrogen and oxygen atoms in total. The van der Waals surface area contributed by atoms with E-state index in [9.17, 15) is 19.5 Å². The van der Waals surface area contributed by atoms with Gasteiger partial charge in [-0.3, -0.25) is 4.79 Å². The predicted octanol–water partition coefficient (Wildman–Crippen LogP) is 1.31. The minimum absolute atomic E-state index is 0.113. The summed E-state index contributed by atoms with van der Waals surface area (Å²) in [5.74, 6) is -1.23. The molecule has 8 heteroatoms. The fourth-order valence-electron chi connectivity index (χ4n) is 4.12. The summed E-state index contributed by atoms with van der Waals surface area (Å²) in [4.78, 5) is 39.3. The van der Waals surface area contributed by atoms with Crippen LogP contribution in [-0.2, 0) is 19.1 Å². The van der Waals surface area contributed by atoms with Gasteiger partial charge in [-0.15, -0.1) is 0 Å². The molecule has 2 N–H and O–H groups in total. The Morgan fingerprint density at radius 3 is 2.37 bits per heavy atom. The van der Waals surface area contributed by atoms with Gasteiger partial charge in [-0.2, -0.15) is 0 Å². The first-order valence-corrected chi connectivity index (χ1v) is 9.79. The third-order valence-corrected chi connectivity index (χ3v) is 5.35. The molecule has 1 saturated heterocycles. The van der Waals surface area contributed by atoms with E-state index in [1.807, 2.05) is 13.8 Å². The Bertz CT molecular complexity index is 564. The van der Waals surface area contributed by atoms with Crippen molar-refractivity contribution in [1.29, 1.82) is 0 Å². The maximum atomic E-state index is 13.2. The van der Waals surface area contributed by atoms with E-state index in [0.717, 1.165) is 0 Å². The van der Waals surface area contributed by atoms with Crippen LogP contribution in [0.25, 0.3) is 0 Å². The van der Waals surface area contributed by atoms with Crippen molar-refractivity contribution in [2.24, 2.45) is 17.8 Å². The van der Waals surface area contributed by atoms with E-state index in [-0.39, 0.29) is 42.9 Å². The number of nitrogens with zero attached hydrogens (tertiary/aromatic N) is 1. The molecule has 27 heavy (non-hydrogen) atoms. The number of likely N-dealkylation sites (tertiary alicyclic amines) is 1. The van der Waals surface area contributed by atoms with Crippen LogP contribution >= 0.6 is 0 Å². The van der Waals surface area contributed by atoms with Gasteiger partial charge in [0.15, 0.2) is 0 Å². The Morgan fingerprint density at radius 1 is 1.15 bits per heavy atom. The molecule has 0 aromatic heterocycles. The summed E-state index contributed by atoms with van der Waals surface area (Å²) in [5.41, 5.74) is 0. The molecule has 0 spiro atoms. The minimum atomic E-state index is -0.816. The van der Waals surface area contributed by atoms with Crippen molar-refractivity contribution in [1.82, 2.24) is 10.2 Å². The second-order valence-corrected chi connectivity index (χ2v) is 7.98. The van der Waals surface area contributed by atoms with Gasteiger partial charge in [-0.1, -0.05) is 13.8 Å². The number of hydrogen-bond donors (Lipinski definition) is 2. The Balaban J connectivity index is 2.21. The summed E-state index contributed by atoms with van der Waals surface area (Å²) >= 11 is 0. The van der Waals surface area contributed by atoms with E-state index in [1.165, 1.54) is 4.90 Å². The van der Waals surface area contributed by atoms with Crippen molar-refractivity contribution in [2.45, 2.75) is 71.8 Å². The second-order valence-electron chi connectivity index (χ2n) is 7.98. The first-order valence-electron chi connectivity index (χ1n) is 9.79. The van der Waals surface area contributed by atoms with Gasteiger partial charge in [0, 0.05) is 12.5 Å². The second kappa shape index (κ2) is 8.91. The van der Waals surface area contributed by atoms with E-state index in [1.54, 1.807) is 20.8 Å². The number of hydrogen-bond acceptors (Lipinski definition) is 6. The molecule has 0 aromatic carbocycles. The molecule has 2 fully saturated rings. The van der Waals surface area contributed by atoms with Gasteiger partial charge >= 0.3 is 12.1 Å². The molecule has 2 aliphatic rings. The quantitative estimate of drug-likeness (QED) is 0.669. The van der Waals surface area contributed by atoms with Gasteiger partial charge in [-0.05, 0) is 45.4 Å². The Morgan fingerprint density at radius 2 is 1.81 bits per heavy atom. The van der Waals surface area contributed by atoms with Gasteiger partial charge in [0.2, 0.25) is 5.91 Å². The topological polar surface area (TPSA) is 105 Å². The number of esters is 1. The van der Waals surface area contributed by atoms with Crippen LogP contribution < -0.4 is 5.32 Å². The van der Waals surface area contributed by atoms with Crippen molar-refractivity contribution in [3.05, 3.63) is 0 Å². The highest BCUT2D eigenvalue weighted by Gasteiger charge is 2.54. The van der Waals surface area contributed by atoms with Crippen LogP contribution in [0, 0.1) is 17.8 Å². The fraction of sp³-hybridized carbons (Fsp3) is 0.842. The van der Waals surface area contributed by atoms with Crippen molar-refractivity contribution in [3.8, 4) is 0 Å². The molecular weight excluding hydrogens is 352 g/mol. The lowest BCUT2D eigenvalue weighted by molar-refractivity contribution is -0.155. The van der Waals surface area contributed by atoms with Crippen LogP contribution in [0.4, 0.5) is 4.79 Å². The third-order valence-electron chi connectivity index (χ3n) is 5.35. The lowest BCUT2D eigenvalue weighted by atomic mass is 9.93. The zero-order valence-electron chi connectivity index (χ0n) is 16.8. The van der Waals surface area contributed by atoms with Crippen LogP contribution in [0.15, 0.2) is 0 Å². The number of ether oxygens (including phenoxy) is 2. The van der Waals surface area contributed by atoms with Crippen LogP contribution in [0.3, 0.4) is 0 Å². The number of carbonyl (C=O) groups excluding carboxylic acids is 3. The van der Waals surface area contributed by atoms with Crippen LogP contribution in [0.5, 0.6) is 0 Å². The Kier molecular flexibility index (Phi) is 7.08. The predicted molar refractivity (Wildman–Crippen MR) is 97.7 cm³/mol. The lowest BCUT2D eigenvalue weighted by Gasteiger charge is -2.31. The SMILES string of the molecule is CCOC(=O)C1[C@H]2CCC(O)[C@H]2CN1C(=O)[C@@H](NC(=O)OC(C)C)C(C)C. The van der Waals surface area contributed by atoms with Gasteiger partial charge < -0.3 is 24.8 Å². The smallest absolute Gasteiger partial charge is 0.408 e. The molecule has 1 saturated carbocycles. The maximum absolute atomic E-state index is 13.2. The highest BCUT2D eigenvalue weighted by Crippen LogP contribution is 2.43. The van der Waals surface area contributed by atoms with Crippen molar-refractivity contribution in [3.63, 3.8) is 0 Å². The number of aliphatic hydroxyl groups is 1. The summed E-state index contributed by atoms with van der Waals surface area (Å²) in [7, 11) is 0. The number of carbonyl (C=O) groups is 3. The molecule has 5 atom stereocenters. The largest absolute Gasteiger partial charge is 0.464 e. The highest BCUT2D eigenvalue weighted by molar-refractivity contribution is 5.90. The lowest BCUT2D eigenvalue weighted by Crippen LogP contribution is -2.55. The molecular formula is C19H32N2O6. The van der Waals surface area contributed by atoms with Gasteiger partial charge in [0.25, 0.3) is 0 Å². The summed E-state index contributed by atoms with van der Waals surface area (Å²) in [5, 5.41) is 12.9. The molecule has 1 heterocycles. The first kappa shape index (κ1) is 21.5. The molecule has 1 aliphatic carbocycles. The van der Waals surface area contributed by atoms with Gasteiger partial charge in [-0.25, -0.2) is 9.59 Å². The summed E-state index contributed by atoms with van der Waals surface area (Å²) < 4.78 is 10.3. The molecule has 154 valence electrons. The monoisotopic (exact) mass is 384 g/mol. The number of fused-ring (bicyclic) bond motifs is 1. The molecule has 2 rings (SSSR count). The normalized spacial score (nSPS) is 28.2. The van der Waals surface area contributed by atoms with E-state index in [0.29, 0.717) is 12.8 Å². The van der Waals surface area contributed by atoms with E-state index < -0.39 is 30.3 Å². The molecule has 0 radical (unpaired) electrons. The van der Waals surface area contributed by atoms with Gasteiger partial charge in [0.1, 0.15) is 12.1 Å². The maximum Gasteiger partial charge on any atom is 0.408 e. The molecule has 2 amide bonds. The zero-order valence-corrected chi connectivity index (χ0v) is 16.8. The summed E-state index contributed by atoms with van der Waals surface area (Å²) in [6.07, 6.45) is -0.194. The Labute approximate surface area is 160 Å². The van der Waals surface area contributed by atoms with Crippen molar-refractivity contribution < 1.29 is 29.0 Å². The number of amides is 2. The van der Waals surface area contributed by atoms with Gasteiger partial charge in [0.05, 0.1) is 18.8 Å². The molecule has 2 unspecified atom stereocenters. The average Bonchev–Trinajstić information content (AvgIpc) is 3.11. The molecule has 0 aromatic rings. The fourth-order valence-corrected chi connectivity index (χ4v) is 4.12. The highest BCUT2D eigenvalue weighted by atomic mass is 16.6. The summed E-state index contributed by atoms with van der Waals surface area (Å²) in [6, 6.07) is -1.53. The average molecular weight is 384 g/mol. The summed E-state index contributed by atoms with van der Waals surface area (Å²) in [6.45, 7) is 9.34. The van der Waals surface area contributed by atoms with Crippen LogP contribution in [0.1, 0.15) is 47.5 Å². The molecule has 0 bridgehead atoms. The number of aliphatic hydroxyl groups excluding tert-OH is 1.